The molecule has 2 aliphatic rings. The Hall–Kier alpha value is -3.59. The number of nitrogens with one attached hydrogen (secondary N) is 2. The first-order valence-corrected chi connectivity index (χ1v) is 14.2. The molecule has 0 bridgehead atoms. The zero-order valence-corrected chi connectivity index (χ0v) is 25.0. The quantitative estimate of drug-likeness (QED) is 0.383. The molecule has 0 aliphatic carbocycles. The average molecular weight is 579 g/mol. The first kappa shape index (κ1) is 30.4. The highest BCUT2D eigenvalue weighted by atomic mass is 35.5. The Kier molecular flexibility index (Phi) is 10.3. The van der Waals surface area contributed by atoms with E-state index in [1.807, 2.05) is 73.2 Å². The Bertz CT molecular complexity index is 1330. The van der Waals surface area contributed by atoms with Crippen LogP contribution in [0.4, 0.5) is 0 Å². The van der Waals surface area contributed by atoms with Gasteiger partial charge in [-0.15, -0.1) is 0 Å². The van der Waals surface area contributed by atoms with E-state index >= 15 is 0 Å². The van der Waals surface area contributed by atoms with Gasteiger partial charge >= 0.3 is 0 Å². The van der Waals surface area contributed by atoms with Crippen molar-refractivity contribution in [3.05, 3.63) is 94.0 Å². The average Bonchev–Trinajstić information content (AvgIpc) is 3.32. The molecular weight excluding hydrogens is 540 g/mol. The van der Waals surface area contributed by atoms with E-state index in [-0.39, 0.29) is 24.1 Å². The zero-order chi connectivity index (χ0) is 29.5. The highest BCUT2D eigenvalue weighted by Gasteiger charge is 2.43. The molecule has 2 aliphatic heterocycles. The minimum absolute atomic E-state index is 0.0291. The number of halogens is 1. The van der Waals surface area contributed by atoms with Gasteiger partial charge in [-0.05, 0) is 63.2 Å². The van der Waals surface area contributed by atoms with Crippen molar-refractivity contribution in [1.29, 1.82) is 0 Å². The summed E-state index contributed by atoms with van der Waals surface area (Å²) < 4.78 is 11.5. The van der Waals surface area contributed by atoms with Crippen LogP contribution in [-0.4, -0.2) is 62.0 Å². The van der Waals surface area contributed by atoms with Crippen molar-refractivity contribution < 1.29 is 19.1 Å². The van der Waals surface area contributed by atoms with Gasteiger partial charge in [0.25, 0.3) is 0 Å². The maximum atomic E-state index is 12.5. The number of aryl methyl sites for hydroxylation is 1. The second-order valence-corrected chi connectivity index (χ2v) is 11.1. The molecule has 8 nitrogen and oxygen atoms in total. The van der Waals surface area contributed by atoms with Crippen molar-refractivity contribution in [1.82, 2.24) is 20.4 Å². The summed E-state index contributed by atoms with van der Waals surface area (Å²) in [5, 5.41) is 7.06. The summed E-state index contributed by atoms with van der Waals surface area (Å²) in [5.41, 5.74) is 4.12. The van der Waals surface area contributed by atoms with E-state index in [0.29, 0.717) is 23.1 Å². The van der Waals surface area contributed by atoms with Crippen molar-refractivity contribution in [3.63, 3.8) is 0 Å². The van der Waals surface area contributed by atoms with Crippen LogP contribution < -0.4 is 20.1 Å². The summed E-state index contributed by atoms with van der Waals surface area (Å²) >= 11 is 6.34. The fourth-order valence-corrected chi connectivity index (χ4v) is 5.35. The zero-order valence-electron chi connectivity index (χ0n) is 24.3. The van der Waals surface area contributed by atoms with Crippen LogP contribution in [0.2, 0.25) is 5.02 Å². The third-order valence-electron chi connectivity index (χ3n) is 7.13. The Balaban J connectivity index is 0.000000417. The van der Waals surface area contributed by atoms with Gasteiger partial charge in [0.2, 0.25) is 12.3 Å². The van der Waals surface area contributed by atoms with E-state index in [1.165, 1.54) is 5.56 Å². The van der Waals surface area contributed by atoms with Crippen LogP contribution in [0.3, 0.4) is 0 Å². The molecule has 2 fully saturated rings. The maximum absolute atomic E-state index is 12.5. The van der Waals surface area contributed by atoms with Crippen LogP contribution in [0.25, 0.3) is 0 Å². The second kappa shape index (κ2) is 13.9. The van der Waals surface area contributed by atoms with Gasteiger partial charge in [-0.2, -0.15) is 0 Å². The van der Waals surface area contributed by atoms with E-state index in [2.05, 4.69) is 41.8 Å². The predicted molar refractivity (Wildman–Crippen MR) is 161 cm³/mol. The standard InChI is InChI=1S/C27H29ClN2O3.C5H10N2O/c1-17(2)33-24-15-22(32-4)12-13-23(24)27-29-25(19-10-8-18(3)9-11-19)26(30(27)16-31)20-6-5-7-21(28)14-20;1-7-3-2-6-5(8)4-7/h5-17,25-27,29H,1-4H3;2-4H2,1H3,(H,6,8). The molecule has 2 N–H and O–H groups in total. The van der Waals surface area contributed by atoms with Crippen LogP contribution in [0.15, 0.2) is 66.7 Å². The molecule has 2 amide bonds. The lowest BCUT2D eigenvalue weighted by Crippen LogP contribution is -2.45. The summed E-state index contributed by atoms with van der Waals surface area (Å²) in [7, 11) is 3.57. The summed E-state index contributed by atoms with van der Waals surface area (Å²) in [6.45, 7) is 8.36. The van der Waals surface area contributed by atoms with E-state index in [0.717, 1.165) is 36.2 Å². The van der Waals surface area contributed by atoms with Crippen LogP contribution in [0.1, 0.15) is 54.4 Å². The number of hydrogen-bond donors (Lipinski definition) is 2. The summed E-state index contributed by atoms with van der Waals surface area (Å²) in [6, 6.07) is 21.4. The fourth-order valence-electron chi connectivity index (χ4n) is 5.15. The van der Waals surface area contributed by atoms with Gasteiger partial charge in [0.15, 0.2) is 0 Å². The summed E-state index contributed by atoms with van der Waals surface area (Å²) in [5.74, 6) is 1.52. The van der Waals surface area contributed by atoms with Crippen molar-refractivity contribution in [2.75, 3.05) is 33.8 Å². The molecule has 0 aromatic heterocycles. The largest absolute Gasteiger partial charge is 0.497 e. The molecule has 0 saturated carbocycles. The number of carbonyl (C=O) groups is 2. The first-order valence-electron chi connectivity index (χ1n) is 13.8. The predicted octanol–water partition coefficient (Wildman–Crippen LogP) is 5.04. The van der Waals surface area contributed by atoms with Crippen LogP contribution in [0, 0.1) is 6.92 Å². The van der Waals surface area contributed by atoms with Crippen LogP contribution >= 0.6 is 11.6 Å². The molecule has 5 rings (SSSR count). The molecule has 3 atom stereocenters. The Morgan fingerprint density at radius 1 is 1.05 bits per heavy atom. The number of nitrogens with zero attached hydrogens (tertiary/aromatic N) is 2. The number of ether oxygens (including phenoxy) is 2. The van der Waals surface area contributed by atoms with Gasteiger partial charge in [0.05, 0.1) is 31.8 Å². The number of piperazine rings is 1. The number of carbonyl (C=O) groups excluding carboxylic acids is 2. The third kappa shape index (κ3) is 7.58. The number of amides is 2. The molecule has 2 heterocycles. The highest BCUT2D eigenvalue weighted by Crippen LogP contribution is 2.47. The SMILES string of the molecule is CN1CCNC(=O)C1.COc1ccc(C2NC(c3ccc(C)cc3)C(c3cccc(Cl)c3)N2C=O)c(OC(C)C)c1. The van der Waals surface area contributed by atoms with Crippen LogP contribution in [-0.2, 0) is 9.59 Å². The van der Waals surface area contributed by atoms with E-state index in [4.69, 9.17) is 21.1 Å². The van der Waals surface area contributed by atoms with Gasteiger partial charge in [0, 0.05) is 29.7 Å². The number of benzene rings is 3. The molecule has 3 unspecified atom stereocenters. The van der Waals surface area contributed by atoms with Gasteiger partial charge < -0.3 is 19.7 Å². The lowest BCUT2D eigenvalue weighted by Gasteiger charge is -2.28. The second-order valence-electron chi connectivity index (χ2n) is 10.7. The molecule has 3 aromatic carbocycles. The van der Waals surface area contributed by atoms with Crippen molar-refractivity contribution in [3.8, 4) is 11.5 Å². The van der Waals surface area contributed by atoms with Gasteiger partial charge in [-0.25, -0.2) is 0 Å². The van der Waals surface area contributed by atoms with E-state index in [9.17, 15) is 9.59 Å². The number of methoxy groups -OCH3 is 1. The molecule has 0 spiro atoms. The summed E-state index contributed by atoms with van der Waals surface area (Å²) in [4.78, 5) is 26.9. The highest BCUT2D eigenvalue weighted by molar-refractivity contribution is 6.30. The maximum Gasteiger partial charge on any atom is 0.234 e. The third-order valence-corrected chi connectivity index (χ3v) is 7.36. The minimum atomic E-state index is -0.391. The van der Waals surface area contributed by atoms with Crippen LogP contribution in [0.5, 0.6) is 11.5 Å². The van der Waals surface area contributed by atoms with E-state index < -0.39 is 6.17 Å². The number of rotatable bonds is 7. The Labute approximate surface area is 247 Å². The smallest absolute Gasteiger partial charge is 0.234 e. The first-order chi connectivity index (χ1) is 19.7. The number of hydrogen-bond acceptors (Lipinski definition) is 6. The lowest BCUT2D eigenvalue weighted by atomic mass is 9.94. The Morgan fingerprint density at radius 3 is 2.39 bits per heavy atom. The molecule has 3 aromatic rings. The molecule has 41 heavy (non-hydrogen) atoms. The monoisotopic (exact) mass is 578 g/mol. The molecule has 9 heteroatoms. The normalized spacial score (nSPS) is 20.7. The summed E-state index contributed by atoms with van der Waals surface area (Å²) in [6.07, 6.45) is 0.483. The van der Waals surface area contributed by atoms with Crippen molar-refractivity contribution in [2.45, 2.75) is 45.1 Å². The fraction of sp³-hybridized carbons (Fsp3) is 0.375. The molecule has 0 radical (unpaired) electrons. The number of likely N-dealkylation sites (N-methyl/N-ethyl adjacent to an activating group) is 1. The molecule has 218 valence electrons. The Morgan fingerprint density at radius 2 is 1.80 bits per heavy atom. The molecule has 2 saturated heterocycles. The van der Waals surface area contributed by atoms with Gasteiger partial charge in [-0.3, -0.25) is 19.8 Å². The van der Waals surface area contributed by atoms with Gasteiger partial charge in [0.1, 0.15) is 17.7 Å². The molecular formula is C32H39ClN4O4. The minimum Gasteiger partial charge on any atom is -0.497 e. The van der Waals surface area contributed by atoms with Crippen molar-refractivity contribution in [2.24, 2.45) is 0 Å². The van der Waals surface area contributed by atoms with E-state index in [1.54, 1.807) is 7.11 Å². The topological polar surface area (TPSA) is 83.1 Å². The van der Waals surface area contributed by atoms with Gasteiger partial charge in [-0.1, -0.05) is 53.6 Å². The van der Waals surface area contributed by atoms with Crippen molar-refractivity contribution >= 4 is 23.9 Å². The lowest BCUT2D eigenvalue weighted by molar-refractivity contribution is -0.123.